The van der Waals surface area contributed by atoms with Crippen molar-refractivity contribution in [1.29, 1.82) is 0 Å². The van der Waals surface area contributed by atoms with Crippen LogP contribution in [0.25, 0.3) is 0 Å². The molecular formula is C22H30ClIN6O. The standard InChI is InChI=1S/C22H29ClN6O.HI/c1-27(2)21(30)17-26-22(25-11-8-18-6-4-3-5-7-18)29-14-12-28(13-15-29)20-9-10-24-16-19(20)23;/h3-7,9-10,16H,8,11-15,17H2,1-2H3,(H,25,26);1H. The Bertz CT molecular complexity index is 856. The molecule has 2 aromatic rings. The number of anilines is 1. The second kappa shape index (κ2) is 12.7. The SMILES string of the molecule is CN(C)C(=O)CN=C(NCCc1ccccc1)N1CCN(c2ccncc2Cl)CC1.I. The molecule has 168 valence electrons. The van der Waals surface area contributed by atoms with Crippen LogP contribution in [0.1, 0.15) is 5.56 Å². The summed E-state index contributed by atoms with van der Waals surface area (Å²) in [5.74, 6) is 0.765. The number of carbonyl (C=O) groups is 1. The summed E-state index contributed by atoms with van der Waals surface area (Å²) in [6.45, 7) is 4.14. The summed E-state index contributed by atoms with van der Waals surface area (Å²) in [6.07, 6.45) is 4.33. The van der Waals surface area contributed by atoms with E-state index >= 15 is 0 Å². The van der Waals surface area contributed by atoms with E-state index in [1.807, 2.05) is 24.3 Å². The fraction of sp³-hybridized carbons (Fsp3) is 0.409. The van der Waals surface area contributed by atoms with Crippen LogP contribution in [0.3, 0.4) is 0 Å². The van der Waals surface area contributed by atoms with Gasteiger partial charge in [0.25, 0.3) is 0 Å². The second-order valence-electron chi connectivity index (χ2n) is 7.39. The first-order chi connectivity index (χ1) is 14.5. The molecular weight excluding hydrogens is 527 g/mol. The molecule has 0 bridgehead atoms. The number of nitrogens with one attached hydrogen (secondary N) is 1. The van der Waals surface area contributed by atoms with Crippen LogP contribution in [0.2, 0.25) is 5.02 Å². The van der Waals surface area contributed by atoms with Crippen LogP contribution in [-0.4, -0.2) is 80.0 Å². The minimum Gasteiger partial charge on any atom is -0.367 e. The average molecular weight is 557 g/mol. The third-order valence-corrected chi connectivity index (χ3v) is 5.36. The normalized spacial score (nSPS) is 14.1. The number of piperazine rings is 1. The van der Waals surface area contributed by atoms with E-state index in [1.165, 1.54) is 5.56 Å². The number of benzene rings is 1. The van der Waals surface area contributed by atoms with Gasteiger partial charge in [-0.1, -0.05) is 41.9 Å². The molecule has 0 saturated carbocycles. The van der Waals surface area contributed by atoms with Crippen molar-refractivity contribution >= 4 is 53.1 Å². The van der Waals surface area contributed by atoms with Gasteiger partial charge < -0.3 is 20.0 Å². The van der Waals surface area contributed by atoms with E-state index in [0.29, 0.717) is 5.02 Å². The topological polar surface area (TPSA) is 64.1 Å². The smallest absolute Gasteiger partial charge is 0.243 e. The van der Waals surface area contributed by atoms with Gasteiger partial charge in [0, 0.05) is 59.2 Å². The van der Waals surface area contributed by atoms with E-state index < -0.39 is 0 Å². The molecule has 1 N–H and O–H groups in total. The molecule has 3 rings (SSSR count). The van der Waals surface area contributed by atoms with E-state index in [1.54, 1.807) is 31.4 Å². The van der Waals surface area contributed by atoms with Crippen LogP contribution < -0.4 is 10.2 Å². The first-order valence-corrected chi connectivity index (χ1v) is 10.5. The summed E-state index contributed by atoms with van der Waals surface area (Å²) in [5.41, 5.74) is 2.27. The van der Waals surface area contributed by atoms with Crippen molar-refractivity contribution in [3.63, 3.8) is 0 Å². The quantitative estimate of drug-likeness (QED) is 0.337. The van der Waals surface area contributed by atoms with E-state index in [4.69, 9.17) is 11.6 Å². The molecule has 0 atom stereocenters. The lowest BCUT2D eigenvalue weighted by molar-refractivity contribution is -0.127. The van der Waals surface area contributed by atoms with Crippen LogP contribution in [0.4, 0.5) is 5.69 Å². The number of pyridine rings is 1. The molecule has 2 heterocycles. The summed E-state index contributed by atoms with van der Waals surface area (Å²) >= 11 is 6.30. The molecule has 7 nitrogen and oxygen atoms in total. The summed E-state index contributed by atoms with van der Waals surface area (Å²) in [7, 11) is 3.50. The van der Waals surface area contributed by atoms with Crippen molar-refractivity contribution in [3.8, 4) is 0 Å². The number of likely N-dealkylation sites (N-methyl/N-ethyl adjacent to an activating group) is 1. The van der Waals surface area contributed by atoms with E-state index in [-0.39, 0.29) is 36.4 Å². The lowest BCUT2D eigenvalue weighted by Gasteiger charge is -2.38. The zero-order valence-corrected chi connectivity index (χ0v) is 21.1. The first kappa shape index (κ1) is 25.2. The summed E-state index contributed by atoms with van der Waals surface area (Å²) < 4.78 is 0. The van der Waals surface area contributed by atoms with Gasteiger partial charge in [-0.05, 0) is 18.1 Å². The highest BCUT2D eigenvalue weighted by Gasteiger charge is 2.21. The number of aliphatic imine (C=N–C) groups is 1. The molecule has 9 heteroatoms. The summed E-state index contributed by atoms with van der Waals surface area (Å²) in [6, 6.07) is 12.3. The fourth-order valence-electron chi connectivity index (χ4n) is 3.30. The molecule has 1 fully saturated rings. The zero-order valence-electron chi connectivity index (χ0n) is 18.0. The number of guanidine groups is 1. The molecule has 0 spiro atoms. The van der Waals surface area contributed by atoms with Crippen LogP contribution in [0.5, 0.6) is 0 Å². The lowest BCUT2D eigenvalue weighted by Crippen LogP contribution is -2.53. The number of rotatable bonds is 6. The fourth-order valence-corrected chi connectivity index (χ4v) is 3.54. The molecule has 0 unspecified atom stereocenters. The van der Waals surface area contributed by atoms with Crippen molar-refractivity contribution in [2.75, 3.05) is 58.3 Å². The van der Waals surface area contributed by atoms with Gasteiger partial charge in [-0.15, -0.1) is 24.0 Å². The Morgan fingerprint density at radius 2 is 1.87 bits per heavy atom. The number of halogens is 2. The zero-order chi connectivity index (χ0) is 21.3. The molecule has 1 aliphatic heterocycles. The maximum absolute atomic E-state index is 12.0. The Labute approximate surface area is 206 Å². The van der Waals surface area contributed by atoms with Gasteiger partial charge in [-0.25, -0.2) is 4.99 Å². The molecule has 1 aliphatic rings. The predicted molar refractivity (Wildman–Crippen MR) is 138 cm³/mol. The highest BCUT2D eigenvalue weighted by Crippen LogP contribution is 2.25. The third-order valence-electron chi connectivity index (χ3n) is 5.07. The van der Waals surface area contributed by atoms with E-state index in [2.05, 4.69) is 37.2 Å². The molecule has 1 saturated heterocycles. The average Bonchev–Trinajstić information content (AvgIpc) is 2.77. The van der Waals surface area contributed by atoms with E-state index in [0.717, 1.165) is 50.8 Å². The first-order valence-electron chi connectivity index (χ1n) is 10.2. The lowest BCUT2D eigenvalue weighted by atomic mass is 10.1. The minimum atomic E-state index is -0.0143. The van der Waals surface area contributed by atoms with Gasteiger partial charge in [0.05, 0.1) is 10.7 Å². The number of aromatic nitrogens is 1. The van der Waals surface area contributed by atoms with Crippen LogP contribution in [0.15, 0.2) is 53.8 Å². The van der Waals surface area contributed by atoms with Gasteiger partial charge in [-0.3, -0.25) is 9.78 Å². The number of nitrogens with zero attached hydrogens (tertiary/aromatic N) is 5. The van der Waals surface area contributed by atoms with Crippen molar-refractivity contribution in [2.45, 2.75) is 6.42 Å². The van der Waals surface area contributed by atoms with Crippen molar-refractivity contribution < 1.29 is 4.79 Å². The molecule has 1 amide bonds. The van der Waals surface area contributed by atoms with Crippen LogP contribution in [-0.2, 0) is 11.2 Å². The van der Waals surface area contributed by atoms with Gasteiger partial charge in [-0.2, -0.15) is 0 Å². The van der Waals surface area contributed by atoms with Crippen molar-refractivity contribution in [2.24, 2.45) is 4.99 Å². The molecule has 0 aliphatic carbocycles. The monoisotopic (exact) mass is 556 g/mol. The molecule has 1 aromatic carbocycles. The number of amides is 1. The van der Waals surface area contributed by atoms with Gasteiger partial charge in [0.15, 0.2) is 5.96 Å². The maximum Gasteiger partial charge on any atom is 0.243 e. The maximum atomic E-state index is 12.0. The molecule has 31 heavy (non-hydrogen) atoms. The van der Waals surface area contributed by atoms with E-state index in [9.17, 15) is 4.79 Å². The van der Waals surface area contributed by atoms with Crippen molar-refractivity contribution in [1.82, 2.24) is 20.1 Å². The van der Waals surface area contributed by atoms with Gasteiger partial charge in [0.2, 0.25) is 5.91 Å². The Morgan fingerprint density at radius 1 is 1.16 bits per heavy atom. The number of hydrogen-bond donors (Lipinski definition) is 1. The molecule has 0 radical (unpaired) electrons. The minimum absolute atomic E-state index is 0. The number of carbonyl (C=O) groups excluding carboxylic acids is 1. The highest BCUT2D eigenvalue weighted by molar-refractivity contribution is 14.0. The highest BCUT2D eigenvalue weighted by atomic mass is 127. The summed E-state index contributed by atoms with van der Waals surface area (Å²) in [4.78, 5) is 26.7. The Morgan fingerprint density at radius 3 is 2.52 bits per heavy atom. The predicted octanol–water partition coefficient (Wildman–Crippen LogP) is 2.75. The molecule has 1 aromatic heterocycles. The second-order valence-corrected chi connectivity index (χ2v) is 7.80. The largest absolute Gasteiger partial charge is 0.367 e. The van der Waals surface area contributed by atoms with Crippen LogP contribution in [0, 0.1) is 0 Å². The Balaban J connectivity index is 0.00000341. The Hall–Kier alpha value is -2.07. The van der Waals surface area contributed by atoms with Gasteiger partial charge >= 0.3 is 0 Å². The summed E-state index contributed by atoms with van der Waals surface area (Å²) in [5, 5.41) is 4.11. The Kier molecular flexibility index (Phi) is 10.3. The van der Waals surface area contributed by atoms with Crippen molar-refractivity contribution in [3.05, 3.63) is 59.4 Å². The number of hydrogen-bond acceptors (Lipinski definition) is 4. The van der Waals surface area contributed by atoms with Gasteiger partial charge in [0.1, 0.15) is 6.54 Å². The van der Waals surface area contributed by atoms with Crippen LogP contribution >= 0.6 is 35.6 Å². The third kappa shape index (κ3) is 7.53.